The molecule has 0 heterocycles. The molecule has 1 aromatic carbocycles. The second-order valence-corrected chi connectivity index (χ2v) is 5.57. The number of hydrogen-bond donors (Lipinski definition) is 3. The number of nitrogens with one attached hydrogen (secondary N) is 1. The van der Waals surface area contributed by atoms with Crippen molar-refractivity contribution < 1.29 is 10.2 Å². The van der Waals surface area contributed by atoms with Crippen molar-refractivity contribution in [2.75, 3.05) is 6.54 Å². The smallest absolute Gasteiger partial charge is 0.134 e. The van der Waals surface area contributed by atoms with Gasteiger partial charge in [0.1, 0.15) is 5.75 Å². The van der Waals surface area contributed by atoms with E-state index in [4.69, 9.17) is 0 Å². The van der Waals surface area contributed by atoms with Gasteiger partial charge in [0.05, 0.1) is 10.6 Å². The largest absolute Gasteiger partial charge is 0.506 e. The molecule has 0 spiro atoms. The highest BCUT2D eigenvalue weighted by Gasteiger charge is 2.14. The fourth-order valence-corrected chi connectivity index (χ4v) is 2.63. The number of halogens is 2. The minimum absolute atomic E-state index is 0.0246. The molecule has 0 aliphatic rings. The van der Waals surface area contributed by atoms with Gasteiger partial charge in [-0.1, -0.05) is 15.9 Å². The second kappa shape index (κ2) is 6.00. The number of phenols is 1. The maximum absolute atomic E-state index is 9.89. The summed E-state index contributed by atoms with van der Waals surface area (Å²) in [7, 11) is 0. The Labute approximate surface area is 112 Å². The molecule has 1 rings (SSSR count). The van der Waals surface area contributed by atoms with Gasteiger partial charge < -0.3 is 15.5 Å². The molecule has 0 saturated carbocycles. The van der Waals surface area contributed by atoms with E-state index in [0.29, 0.717) is 11.0 Å². The first kappa shape index (κ1) is 14.0. The van der Waals surface area contributed by atoms with Crippen molar-refractivity contribution in [2.24, 2.45) is 0 Å². The van der Waals surface area contributed by atoms with Crippen LogP contribution in [0.2, 0.25) is 0 Å². The molecule has 0 fully saturated rings. The van der Waals surface area contributed by atoms with E-state index >= 15 is 0 Å². The average molecular weight is 353 g/mol. The summed E-state index contributed by atoms with van der Waals surface area (Å²) >= 11 is 6.67. The lowest BCUT2D eigenvalue weighted by molar-refractivity contribution is 0.187. The van der Waals surface area contributed by atoms with E-state index in [2.05, 4.69) is 37.2 Å². The van der Waals surface area contributed by atoms with Crippen LogP contribution in [0.3, 0.4) is 0 Å². The lowest BCUT2D eigenvalue weighted by Gasteiger charge is -2.17. The fraction of sp³-hybridized carbons (Fsp3) is 0.455. The standard InChI is InChI=1S/C11H15Br2NO2/c1-6(15)5-14-7(2)9-3-8(12)4-10(13)11(9)16/h3-4,6-7,14-16H,5H2,1-2H3. The van der Waals surface area contributed by atoms with Gasteiger partial charge in [0.25, 0.3) is 0 Å². The summed E-state index contributed by atoms with van der Waals surface area (Å²) in [4.78, 5) is 0. The maximum Gasteiger partial charge on any atom is 0.134 e. The summed E-state index contributed by atoms with van der Waals surface area (Å²) in [6.45, 7) is 4.15. The van der Waals surface area contributed by atoms with Gasteiger partial charge in [-0.25, -0.2) is 0 Å². The lowest BCUT2D eigenvalue weighted by atomic mass is 10.1. The SMILES string of the molecule is CC(O)CNC(C)c1cc(Br)cc(Br)c1O. The second-order valence-electron chi connectivity index (χ2n) is 3.80. The van der Waals surface area contributed by atoms with Crippen LogP contribution < -0.4 is 5.32 Å². The van der Waals surface area contributed by atoms with Gasteiger partial charge in [0, 0.05) is 22.6 Å². The predicted molar refractivity (Wildman–Crippen MR) is 71.6 cm³/mol. The Morgan fingerprint density at radius 2 is 1.94 bits per heavy atom. The van der Waals surface area contributed by atoms with E-state index in [0.717, 1.165) is 10.0 Å². The first-order valence-corrected chi connectivity index (χ1v) is 6.59. The average Bonchev–Trinajstić information content (AvgIpc) is 2.19. The Morgan fingerprint density at radius 3 is 2.50 bits per heavy atom. The molecule has 2 unspecified atom stereocenters. The molecule has 1 aromatic rings. The molecule has 3 nitrogen and oxygen atoms in total. The highest BCUT2D eigenvalue weighted by molar-refractivity contribution is 9.11. The summed E-state index contributed by atoms with van der Waals surface area (Å²) in [5, 5.41) is 22.2. The number of aromatic hydroxyl groups is 1. The summed E-state index contributed by atoms with van der Waals surface area (Å²) in [6.07, 6.45) is -0.403. The van der Waals surface area contributed by atoms with Gasteiger partial charge in [-0.2, -0.15) is 0 Å². The predicted octanol–water partition coefficient (Wildman–Crippen LogP) is 2.95. The third-order valence-corrected chi connectivity index (χ3v) is 3.31. The monoisotopic (exact) mass is 351 g/mol. The number of rotatable bonds is 4. The Balaban J connectivity index is 2.86. The van der Waals surface area contributed by atoms with Crippen LogP contribution in [0, 0.1) is 0 Å². The van der Waals surface area contributed by atoms with Crippen molar-refractivity contribution in [1.29, 1.82) is 0 Å². The van der Waals surface area contributed by atoms with Crippen LogP contribution in [0.15, 0.2) is 21.1 Å². The fourth-order valence-electron chi connectivity index (χ4n) is 1.37. The number of phenolic OH excluding ortho intramolecular Hbond substituents is 1. The number of aliphatic hydroxyl groups excluding tert-OH is 1. The van der Waals surface area contributed by atoms with E-state index < -0.39 is 6.10 Å². The molecule has 0 bridgehead atoms. The minimum Gasteiger partial charge on any atom is -0.506 e. The molecule has 5 heteroatoms. The molecule has 0 saturated heterocycles. The van der Waals surface area contributed by atoms with Crippen molar-refractivity contribution in [2.45, 2.75) is 26.0 Å². The topological polar surface area (TPSA) is 52.5 Å². The summed E-state index contributed by atoms with van der Waals surface area (Å²) in [6, 6.07) is 3.63. The zero-order valence-electron chi connectivity index (χ0n) is 9.17. The third kappa shape index (κ3) is 3.73. The van der Waals surface area contributed by atoms with E-state index in [-0.39, 0.29) is 11.8 Å². The van der Waals surface area contributed by atoms with Crippen molar-refractivity contribution in [3.8, 4) is 5.75 Å². The highest BCUT2D eigenvalue weighted by atomic mass is 79.9. The Kier molecular flexibility index (Phi) is 5.24. The molecule has 0 radical (unpaired) electrons. The van der Waals surface area contributed by atoms with Crippen molar-refractivity contribution in [1.82, 2.24) is 5.32 Å². The van der Waals surface area contributed by atoms with Gasteiger partial charge in [0.15, 0.2) is 0 Å². The molecule has 0 amide bonds. The first-order valence-electron chi connectivity index (χ1n) is 5.01. The Morgan fingerprint density at radius 1 is 1.31 bits per heavy atom. The third-order valence-electron chi connectivity index (χ3n) is 2.24. The normalized spacial score (nSPS) is 14.8. The number of hydrogen-bond acceptors (Lipinski definition) is 3. The van der Waals surface area contributed by atoms with Crippen LogP contribution >= 0.6 is 31.9 Å². The Bertz CT molecular complexity index is 369. The van der Waals surface area contributed by atoms with Crippen molar-refractivity contribution >= 4 is 31.9 Å². The molecule has 2 atom stereocenters. The van der Waals surface area contributed by atoms with Gasteiger partial charge >= 0.3 is 0 Å². The summed E-state index contributed by atoms with van der Waals surface area (Å²) in [5.41, 5.74) is 0.793. The van der Waals surface area contributed by atoms with Gasteiger partial charge in [-0.3, -0.25) is 0 Å². The molecule has 16 heavy (non-hydrogen) atoms. The van der Waals surface area contributed by atoms with Crippen LogP contribution in [0.5, 0.6) is 5.75 Å². The summed E-state index contributed by atoms with van der Waals surface area (Å²) in [5.74, 6) is 0.230. The van der Waals surface area contributed by atoms with Crippen molar-refractivity contribution in [3.63, 3.8) is 0 Å². The molecule has 3 N–H and O–H groups in total. The maximum atomic E-state index is 9.89. The zero-order chi connectivity index (χ0) is 12.3. The van der Waals surface area contributed by atoms with E-state index in [1.807, 2.05) is 13.0 Å². The molecule has 0 aliphatic heterocycles. The van der Waals surface area contributed by atoms with Crippen molar-refractivity contribution in [3.05, 3.63) is 26.6 Å². The summed E-state index contributed by atoms with van der Waals surface area (Å²) < 4.78 is 1.56. The molecular weight excluding hydrogens is 338 g/mol. The van der Waals surface area contributed by atoms with Gasteiger partial charge in [-0.15, -0.1) is 0 Å². The van der Waals surface area contributed by atoms with E-state index in [9.17, 15) is 10.2 Å². The van der Waals surface area contributed by atoms with Crippen LogP contribution in [0.1, 0.15) is 25.5 Å². The Hall–Kier alpha value is -0.100. The first-order chi connectivity index (χ1) is 7.41. The lowest BCUT2D eigenvalue weighted by Crippen LogP contribution is -2.27. The van der Waals surface area contributed by atoms with Crippen LogP contribution in [0.4, 0.5) is 0 Å². The van der Waals surface area contributed by atoms with E-state index in [1.54, 1.807) is 13.0 Å². The van der Waals surface area contributed by atoms with E-state index in [1.165, 1.54) is 0 Å². The molecule has 90 valence electrons. The number of benzene rings is 1. The quantitative estimate of drug-likeness (QED) is 0.780. The molecule has 0 aromatic heterocycles. The van der Waals surface area contributed by atoms with Gasteiger partial charge in [-0.05, 0) is 41.9 Å². The zero-order valence-corrected chi connectivity index (χ0v) is 12.3. The molecular formula is C11H15Br2NO2. The van der Waals surface area contributed by atoms with Gasteiger partial charge in [0.2, 0.25) is 0 Å². The van der Waals surface area contributed by atoms with Crippen LogP contribution in [0.25, 0.3) is 0 Å². The van der Waals surface area contributed by atoms with Crippen LogP contribution in [-0.2, 0) is 0 Å². The number of aliphatic hydroxyl groups is 1. The van der Waals surface area contributed by atoms with Crippen LogP contribution in [-0.4, -0.2) is 22.9 Å². The minimum atomic E-state index is -0.403. The molecule has 0 aliphatic carbocycles. The highest BCUT2D eigenvalue weighted by Crippen LogP contribution is 2.34.